The van der Waals surface area contributed by atoms with Gasteiger partial charge in [0.25, 0.3) is 0 Å². The number of anilines is 1. The van der Waals surface area contributed by atoms with E-state index in [1.807, 2.05) is 0 Å². The van der Waals surface area contributed by atoms with Gasteiger partial charge in [0, 0.05) is 0 Å². The highest BCUT2D eigenvalue weighted by Crippen LogP contribution is 2.24. The molecular weight excluding hydrogens is 235 g/mol. The third-order valence-electron chi connectivity index (χ3n) is 2.06. The van der Waals surface area contributed by atoms with Gasteiger partial charge in [0.1, 0.15) is 5.82 Å². The molecule has 0 unspecified atom stereocenters. The fourth-order valence-electron chi connectivity index (χ4n) is 1.20. The van der Waals surface area contributed by atoms with E-state index in [9.17, 15) is 12.8 Å². The van der Waals surface area contributed by atoms with Crippen LogP contribution in [0.15, 0.2) is 22.7 Å². The smallest absolute Gasteiger partial charge is 0.233 e. The summed E-state index contributed by atoms with van der Waals surface area (Å²) < 4.78 is 42.6. The van der Waals surface area contributed by atoms with Gasteiger partial charge in [-0.25, -0.2) is 12.8 Å². The normalized spacial score (nSPS) is 11.9. The maximum atomic E-state index is 13.0. The van der Waals surface area contributed by atoms with Crippen LogP contribution in [-0.2, 0) is 10.0 Å². The van der Waals surface area contributed by atoms with E-state index in [1.54, 1.807) is 0 Å². The Morgan fingerprint density at radius 2 is 2.25 bits per heavy atom. The fourth-order valence-corrected chi connectivity index (χ4v) is 1.79. The molecule has 0 spiro atoms. The molecule has 5 nitrogen and oxygen atoms in total. The predicted molar refractivity (Wildman–Crippen MR) is 57.1 cm³/mol. The van der Waals surface area contributed by atoms with E-state index >= 15 is 0 Å². The number of aromatic nitrogens is 1. The zero-order chi connectivity index (χ0) is 11.8. The number of rotatable bonds is 3. The monoisotopic (exact) mass is 244 g/mol. The molecule has 0 saturated heterocycles. The number of sulfonamides is 1. The Balaban J connectivity index is 2.50. The lowest BCUT2D eigenvalue weighted by Gasteiger charge is -2.00. The highest BCUT2D eigenvalue weighted by Gasteiger charge is 2.14. The Hall–Kier alpha value is -1.63. The van der Waals surface area contributed by atoms with Crippen molar-refractivity contribution in [1.82, 2.24) is 5.16 Å². The molecule has 0 bridgehead atoms. The number of hydrogen-bond acceptors (Lipinski definition) is 4. The first-order chi connectivity index (χ1) is 7.52. The minimum atomic E-state index is -3.44. The molecule has 0 amide bonds. The lowest BCUT2D eigenvalue weighted by atomic mass is 10.2. The summed E-state index contributed by atoms with van der Waals surface area (Å²) in [6, 6.07) is 3.77. The van der Waals surface area contributed by atoms with Crippen molar-refractivity contribution in [2.45, 2.75) is 6.92 Å². The van der Waals surface area contributed by atoms with Gasteiger partial charge in [-0.3, -0.25) is 4.72 Å². The third-order valence-corrected chi connectivity index (χ3v) is 3.33. The number of nitrogens with one attached hydrogen (secondary N) is 1. The van der Waals surface area contributed by atoms with E-state index in [0.717, 1.165) is 0 Å². The van der Waals surface area contributed by atoms with Crippen LogP contribution in [0.25, 0.3) is 11.0 Å². The third kappa shape index (κ3) is 1.99. The van der Waals surface area contributed by atoms with Gasteiger partial charge in [0.15, 0.2) is 11.4 Å². The lowest BCUT2D eigenvalue weighted by Crippen LogP contribution is -2.14. The van der Waals surface area contributed by atoms with Gasteiger partial charge in [0.05, 0.1) is 11.1 Å². The van der Waals surface area contributed by atoms with Crippen molar-refractivity contribution in [2.24, 2.45) is 0 Å². The predicted octanol–water partition coefficient (Wildman–Crippen LogP) is 1.73. The highest BCUT2D eigenvalue weighted by atomic mass is 32.2. The van der Waals surface area contributed by atoms with E-state index in [2.05, 4.69) is 9.88 Å². The zero-order valence-corrected chi connectivity index (χ0v) is 9.21. The molecule has 1 N–H and O–H groups in total. The average Bonchev–Trinajstić information content (AvgIpc) is 2.61. The van der Waals surface area contributed by atoms with Crippen LogP contribution in [0.5, 0.6) is 0 Å². The minimum Gasteiger partial charge on any atom is -0.354 e. The van der Waals surface area contributed by atoms with Crippen molar-refractivity contribution >= 4 is 26.8 Å². The number of halogens is 1. The van der Waals surface area contributed by atoms with Crippen LogP contribution in [0.4, 0.5) is 10.2 Å². The van der Waals surface area contributed by atoms with Crippen molar-refractivity contribution in [3.63, 3.8) is 0 Å². The van der Waals surface area contributed by atoms with E-state index in [1.165, 1.54) is 25.1 Å². The van der Waals surface area contributed by atoms with Crippen LogP contribution in [0.3, 0.4) is 0 Å². The first kappa shape index (κ1) is 10.9. The van der Waals surface area contributed by atoms with Crippen LogP contribution < -0.4 is 4.72 Å². The number of benzene rings is 1. The van der Waals surface area contributed by atoms with E-state index in [0.29, 0.717) is 11.0 Å². The summed E-state index contributed by atoms with van der Waals surface area (Å²) in [6.45, 7) is 1.49. The van der Waals surface area contributed by atoms with Crippen molar-refractivity contribution < 1.29 is 17.3 Å². The average molecular weight is 244 g/mol. The van der Waals surface area contributed by atoms with Gasteiger partial charge in [-0.1, -0.05) is 5.16 Å². The zero-order valence-electron chi connectivity index (χ0n) is 8.40. The Morgan fingerprint density at radius 3 is 2.94 bits per heavy atom. The van der Waals surface area contributed by atoms with Gasteiger partial charge < -0.3 is 4.52 Å². The summed E-state index contributed by atoms with van der Waals surface area (Å²) in [5, 5.41) is 3.84. The summed E-state index contributed by atoms with van der Waals surface area (Å²) in [5.74, 6) is -0.555. The van der Waals surface area contributed by atoms with Crippen molar-refractivity contribution in [1.29, 1.82) is 0 Å². The molecule has 0 fully saturated rings. The second kappa shape index (κ2) is 3.75. The molecule has 2 aromatic rings. The molecule has 86 valence electrons. The molecule has 16 heavy (non-hydrogen) atoms. The van der Waals surface area contributed by atoms with Gasteiger partial charge in [-0.15, -0.1) is 0 Å². The minimum absolute atomic E-state index is 0.0105. The Labute approximate surface area is 91.3 Å². The van der Waals surface area contributed by atoms with Crippen LogP contribution in [0.1, 0.15) is 6.92 Å². The molecule has 0 saturated carbocycles. The molecule has 1 aromatic heterocycles. The van der Waals surface area contributed by atoms with Gasteiger partial charge in [-0.05, 0) is 25.1 Å². The van der Waals surface area contributed by atoms with Gasteiger partial charge >= 0.3 is 0 Å². The van der Waals surface area contributed by atoms with Crippen molar-refractivity contribution in [2.75, 3.05) is 10.5 Å². The van der Waals surface area contributed by atoms with Crippen LogP contribution >= 0.6 is 0 Å². The summed E-state index contributed by atoms with van der Waals surface area (Å²) >= 11 is 0. The first-order valence-corrected chi connectivity index (χ1v) is 6.22. The largest absolute Gasteiger partial charge is 0.354 e. The highest BCUT2D eigenvalue weighted by molar-refractivity contribution is 7.92. The molecule has 1 heterocycles. The number of fused-ring (bicyclic) bond motifs is 1. The first-order valence-electron chi connectivity index (χ1n) is 4.57. The van der Waals surface area contributed by atoms with Crippen LogP contribution in [-0.4, -0.2) is 19.3 Å². The molecular formula is C9H9FN2O3S. The number of nitrogens with zero attached hydrogens (tertiary/aromatic N) is 1. The van der Waals surface area contributed by atoms with Crippen molar-refractivity contribution in [3.05, 3.63) is 24.0 Å². The molecule has 0 aliphatic carbocycles. The summed E-state index contributed by atoms with van der Waals surface area (Å²) in [4.78, 5) is 0. The summed E-state index contributed by atoms with van der Waals surface area (Å²) in [7, 11) is -3.44. The van der Waals surface area contributed by atoms with Crippen molar-refractivity contribution in [3.8, 4) is 0 Å². The Bertz CT molecular complexity index is 621. The summed E-state index contributed by atoms with van der Waals surface area (Å²) in [6.07, 6.45) is 0. The lowest BCUT2D eigenvalue weighted by molar-refractivity contribution is 0.460. The summed E-state index contributed by atoms with van der Waals surface area (Å²) in [5.41, 5.74) is 0.329. The molecule has 7 heteroatoms. The molecule has 0 aliphatic rings. The van der Waals surface area contributed by atoms with E-state index in [-0.39, 0.29) is 11.6 Å². The molecule has 2 rings (SSSR count). The number of hydrogen-bond donors (Lipinski definition) is 1. The Morgan fingerprint density at radius 1 is 1.50 bits per heavy atom. The quantitative estimate of drug-likeness (QED) is 0.892. The van der Waals surface area contributed by atoms with Crippen LogP contribution in [0, 0.1) is 5.82 Å². The van der Waals surface area contributed by atoms with E-state index in [4.69, 9.17) is 4.52 Å². The molecule has 1 aromatic carbocycles. The van der Waals surface area contributed by atoms with Gasteiger partial charge in [-0.2, -0.15) is 0 Å². The van der Waals surface area contributed by atoms with Crippen LogP contribution in [0.2, 0.25) is 0 Å². The fraction of sp³-hybridized carbons (Fsp3) is 0.222. The maximum absolute atomic E-state index is 13.0. The molecule has 0 aliphatic heterocycles. The SMILES string of the molecule is CCS(=O)(=O)Nc1noc2ccc(F)cc12. The topological polar surface area (TPSA) is 72.2 Å². The Kier molecular flexibility index (Phi) is 2.55. The van der Waals surface area contributed by atoms with Gasteiger partial charge in [0.2, 0.25) is 10.0 Å². The second-order valence-electron chi connectivity index (χ2n) is 3.18. The van der Waals surface area contributed by atoms with E-state index < -0.39 is 15.8 Å². The maximum Gasteiger partial charge on any atom is 0.233 e. The molecule has 0 atom stereocenters. The molecule has 0 radical (unpaired) electrons. The standard InChI is InChI=1S/C9H9FN2O3S/c1-2-16(13,14)12-9-7-5-6(10)3-4-8(7)15-11-9/h3-5H,2H2,1H3,(H,11,12). The second-order valence-corrected chi connectivity index (χ2v) is 5.19.